The fraction of sp³-hybridized carbons (Fsp3) is 0.611. The monoisotopic (exact) mass is 327 g/mol. The summed E-state index contributed by atoms with van der Waals surface area (Å²) >= 11 is 0. The Labute approximate surface area is 142 Å². The Morgan fingerprint density at radius 1 is 1.25 bits per heavy atom. The molecule has 1 amide bonds. The number of amides is 1. The van der Waals surface area contributed by atoms with Crippen LogP contribution < -0.4 is 0 Å². The van der Waals surface area contributed by atoms with E-state index >= 15 is 0 Å². The highest BCUT2D eigenvalue weighted by molar-refractivity contribution is 5.99. The van der Waals surface area contributed by atoms with E-state index in [0.29, 0.717) is 11.2 Å². The maximum atomic E-state index is 13.1. The topological polar surface area (TPSA) is 53.7 Å². The summed E-state index contributed by atoms with van der Waals surface area (Å²) in [5.41, 5.74) is 1.59. The first-order chi connectivity index (χ1) is 11.7. The van der Waals surface area contributed by atoms with Gasteiger partial charge in [0.15, 0.2) is 5.65 Å². The molecule has 2 aliphatic rings. The third-order valence-electron chi connectivity index (χ3n) is 5.69. The zero-order valence-corrected chi connectivity index (χ0v) is 14.3. The Morgan fingerprint density at radius 3 is 2.92 bits per heavy atom. The number of aromatic nitrogens is 3. The molecule has 2 fully saturated rings. The number of nitrogens with zero attached hydrogens (tertiary/aromatic N) is 5. The van der Waals surface area contributed by atoms with Crippen molar-refractivity contribution in [1.82, 2.24) is 24.4 Å². The first-order valence-corrected chi connectivity index (χ1v) is 9.01. The van der Waals surface area contributed by atoms with Crippen LogP contribution in [0.1, 0.15) is 43.0 Å². The van der Waals surface area contributed by atoms with Gasteiger partial charge >= 0.3 is 0 Å². The van der Waals surface area contributed by atoms with Crippen molar-refractivity contribution in [3.63, 3.8) is 0 Å². The molecule has 2 aromatic heterocycles. The van der Waals surface area contributed by atoms with Crippen LogP contribution in [0, 0.1) is 5.41 Å². The molecule has 24 heavy (non-hydrogen) atoms. The number of piperidine rings is 2. The van der Waals surface area contributed by atoms with Crippen LogP contribution in [0.15, 0.2) is 24.7 Å². The maximum absolute atomic E-state index is 13.1. The van der Waals surface area contributed by atoms with E-state index in [4.69, 9.17) is 0 Å². The Bertz CT molecular complexity index is 738. The van der Waals surface area contributed by atoms with Crippen LogP contribution in [0.25, 0.3) is 5.65 Å². The highest BCUT2D eigenvalue weighted by Crippen LogP contribution is 2.38. The molecule has 1 atom stereocenters. The van der Waals surface area contributed by atoms with Crippen LogP contribution in [-0.2, 0) is 0 Å². The minimum absolute atomic E-state index is 0.0984. The van der Waals surface area contributed by atoms with E-state index in [-0.39, 0.29) is 11.3 Å². The van der Waals surface area contributed by atoms with Crippen molar-refractivity contribution in [2.24, 2.45) is 5.41 Å². The molecule has 0 N–H and O–H groups in total. The highest BCUT2D eigenvalue weighted by atomic mass is 16.2. The average Bonchev–Trinajstić information content (AvgIpc) is 3.10. The van der Waals surface area contributed by atoms with Crippen LogP contribution in [0.2, 0.25) is 0 Å². The van der Waals surface area contributed by atoms with Crippen molar-refractivity contribution in [1.29, 1.82) is 0 Å². The molecular weight excluding hydrogens is 302 g/mol. The van der Waals surface area contributed by atoms with Gasteiger partial charge in [0.2, 0.25) is 0 Å². The number of carbonyl (C=O) groups is 1. The molecule has 128 valence electrons. The maximum Gasteiger partial charge on any atom is 0.257 e. The number of likely N-dealkylation sites (tertiary alicyclic amines) is 2. The highest BCUT2D eigenvalue weighted by Gasteiger charge is 2.40. The number of rotatable bonds is 2. The summed E-state index contributed by atoms with van der Waals surface area (Å²) in [6, 6.07) is 3.76. The van der Waals surface area contributed by atoms with Crippen molar-refractivity contribution >= 4 is 11.6 Å². The number of carbonyl (C=O) groups excluding carboxylic acids is 1. The molecule has 0 saturated carbocycles. The molecule has 0 aromatic carbocycles. The van der Waals surface area contributed by atoms with Gasteiger partial charge in [-0.1, -0.05) is 6.92 Å². The molecule has 0 unspecified atom stereocenters. The summed E-state index contributed by atoms with van der Waals surface area (Å²) in [5, 5.41) is 8.05. The number of hydrogen-bond acceptors (Lipinski definition) is 4. The van der Waals surface area contributed by atoms with Crippen molar-refractivity contribution in [3.8, 4) is 0 Å². The predicted molar refractivity (Wildman–Crippen MR) is 91.9 cm³/mol. The van der Waals surface area contributed by atoms with E-state index in [1.165, 1.54) is 25.8 Å². The summed E-state index contributed by atoms with van der Waals surface area (Å²) < 4.78 is 1.81. The van der Waals surface area contributed by atoms with Crippen LogP contribution in [-0.4, -0.2) is 63.0 Å². The number of hydrogen-bond donors (Lipinski definition) is 0. The van der Waals surface area contributed by atoms with E-state index < -0.39 is 0 Å². The van der Waals surface area contributed by atoms with E-state index in [9.17, 15) is 4.79 Å². The Balaban J connectivity index is 1.58. The Hall–Kier alpha value is -1.95. The second-order valence-electron chi connectivity index (χ2n) is 7.29. The average molecular weight is 327 g/mol. The van der Waals surface area contributed by atoms with Gasteiger partial charge in [-0.25, -0.2) is 0 Å². The van der Waals surface area contributed by atoms with Gasteiger partial charge in [-0.15, -0.1) is 10.2 Å². The minimum Gasteiger partial charge on any atom is -0.338 e. The molecule has 1 spiro atoms. The molecule has 2 saturated heterocycles. The normalized spacial score (nSPS) is 25.5. The van der Waals surface area contributed by atoms with Crippen molar-refractivity contribution in [2.75, 3.05) is 32.7 Å². The zero-order chi connectivity index (χ0) is 16.6. The van der Waals surface area contributed by atoms with Gasteiger partial charge in [-0.3, -0.25) is 9.20 Å². The number of fused-ring (bicyclic) bond motifs is 1. The molecule has 2 aromatic rings. The van der Waals surface area contributed by atoms with E-state index in [0.717, 1.165) is 32.6 Å². The van der Waals surface area contributed by atoms with Gasteiger partial charge in [0.25, 0.3) is 5.91 Å². The molecule has 0 radical (unpaired) electrons. The molecule has 6 heteroatoms. The molecule has 6 nitrogen and oxygen atoms in total. The lowest BCUT2D eigenvalue weighted by Gasteiger charge is -2.48. The second-order valence-corrected chi connectivity index (χ2v) is 7.29. The van der Waals surface area contributed by atoms with Gasteiger partial charge in [0.1, 0.15) is 6.33 Å². The lowest BCUT2D eigenvalue weighted by atomic mass is 9.73. The van der Waals surface area contributed by atoms with Crippen LogP contribution >= 0.6 is 0 Å². The van der Waals surface area contributed by atoms with Gasteiger partial charge in [-0.2, -0.15) is 0 Å². The van der Waals surface area contributed by atoms with Gasteiger partial charge in [0.05, 0.1) is 5.56 Å². The fourth-order valence-corrected chi connectivity index (χ4v) is 4.48. The summed E-state index contributed by atoms with van der Waals surface area (Å²) in [6.45, 7) is 7.39. The third kappa shape index (κ3) is 2.69. The SMILES string of the molecule is CCN1CCC[C@]2(CCCN(C(=O)c3cccn4cnnc34)C2)C1. The van der Waals surface area contributed by atoms with Crippen molar-refractivity contribution in [3.05, 3.63) is 30.2 Å². The summed E-state index contributed by atoms with van der Waals surface area (Å²) in [7, 11) is 0. The fourth-order valence-electron chi connectivity index (χ4n) is 4.48. The quantitative estimate of drug-likeness (QED) is 0.847. The van der Waals surface area contributed by atoms with Gasteiger partial charge in [0, 0.05) is 31.2 Å². The summed E-state index contributed by atoms with van der Waals surface area (Å²) in [4.78, 5) is 17.7. The van der Waals surface area contributed by atoms with Crippen molar-refractivity contribution in [2.45, 2.75) is 32.6 Å². The molecule has 4 heterocycles. The molecule has 2 aliphatic heterocycles. The van der Waals surface area contributed by atoms with Gasteiger partial charge in [-0.05, 0) is 50.9 Å². The number of pyridine rings is 1. The predicted octanol–water partition coefficient (Wildman–Crippen LogP) is 2.07. The summed E-state index contributed by atoms with van der Waals surface area (Å²) in [5.74, 6) is 0.0984. The van der Waals surface area contributed by atoms with Crippen molar-refractivity contribution < 1.29 is 4.79 Å². The Morgan fingerprint density at radius 2 is 2.08 bits per heavy atom. The first kappa shape index (κ1) is 15.6. The van der Waals surface area contributed by atoms with E-state index in [1.807, 2.05) is 27.6 Å². The lowest BCUT2D eigenvalue weighted by Crippen LogP contribution is -2.53. The second kappa shape index (κ2) is 6.16. The van der Waals surface area contributed by atoms with Crippen LogP contribution in [0.3, 0.4) is 0 Å². The molecule has 0 aliphatic carbocycles. The zero-order valence-electron chi connectivity index (χ0n) is 14.3. The minimum atomic E-state index is 0.0984. The third-order valence-corrected chi connectivity index (χ3v) is 5.69. The first-order valence-electron chi connectivity index (χ1n) is 9.01. The molecule has 0 bridgehead atoms. The molecular formula is C18H25N5O. The molecule has 4 rings (SSSR count). The summed E-state index contributed by atoms with van der Waals surface area (Å²) in [6.07, 6.45) is 8.34. The standard InChI is InChI=1S/C18H25N5O/c1-2-21-9-4-7-18(12-21)8-5-11-22(13-18)17(24)15-6-3-10-23-14-19-20-16(15)23/h3,6,10,14H,2,4-5,7-9,11-13H2,1H3/t18-/m0/s1. The van der Waals surface area contributed by atoms with Crippen LogP contribution in [0.4, 0.5) is 0 Å². The lowest BCUT2D eigenvalue weighted by molar-refractivity contribution is 0.0153. The van der Waals surface area contributed by atoms with E-state index in [2.05, 4.69) is 22.0 Å². The smallest absolute Gasteiger partial charge is 0.257 e. The largest absolute Gasteiger partial charge is 0.338 e. The van der Waals surface area contributed by atoms with Gasteiger partial charge < -0.3 is 9.80 Å². The Kier molecular flexibility index (Phi) is 4.00. The van der Waals surface area contributed by atoms with E-state index in [1.54, 1.807) is 6.33 Å². The van der Waals surface area contributed by atoms with Crippen LogP contribution in [0.5, 0.6) is 0 Å².